The Kier molecular flexibility index (Phi) is 4.03. The van der Waals surface area contributed by atoms with Gasteiger partial charge in [0, 0.05) is 19.6 Å². The predicted molar refractivity (Wildman–Crippen MR) is 48.2 cm³/mol. The van der Waals surface area contributed by atoms with Gasteiger partial charge in [-0.2, -0.15) is 13.2 Å². The van der Waals surface area contributed by atoms with Gasteiger partial charge in [0.25, 0.3) is 0 Å². The second-order valence-electron chi connectivity index (χ2n) is 3.16. The molecule has 0 amide bonds. The molecule has 0 atom stereocenters. The highest BCUT2D eigenvalue weighted by Gasteiger charge is 2.26. The topological polar surface area (TPSA) is 36.4 Å². The minimum Gasteiger partial charge on any atom is -0.356 e. The summed E-state index contributed by atoms with van der Waals surface area (Å²) in [7, 11) is 0. The van der Waals surface area contributed by atoms with Crippen molar-refractivity contribution in [3.05, 3.63) is 0 Å². The van der Waals surface area contributed by atoms with Crippen molar-refractivity contribution in [2.45, 2.75) is 25.4 Å². The quantitative estimate of drug-likeness (QED) is 0.718. The van der Waals surface area contributed by atoms with Gasteiger partial charge in [-0.05, 0) is 12.8 Å². The second kappa shape index (κ2) is 5.07. The summed E-state index contributed by atoms with van der Waals surface area (Å²) in [6.45, 7) is 1.34. The Bertz CT molecular complexity index is 200. The molecule has 0 unspecified atom stereocenters. The van der Waals surface area contributed by atoms with E-state index in [0.29, 0.717) is 12.5 Å². The second-order valence-corrected chi connectivity index (χ2v) is 3.16. The molecule has 1 heterocycles. The van der Waals surface area contributed by atoms with E-state index >= 15 is 0 Å². The molecule has 2 N–H and O–H groups in total. The third-order valence-electron chi connectivity index (χ3n) is 1.85. The molecule has 0 saturated carbocycles. The van der Waals surface area contributed by atoms with Crippen molar-refractivity contribution < 1.29 is 13.2 Å². The first kappa shape index (κ1) is 11.1. The Balaban J connectivity index is 2.20. The summed E-state index contributed by atoms with van der Waals surface area (Å²) in [5.74, 6) is 0.492. The zero-order valence-electron chi connectivity index (χ0n) is 7.82. The molecule has 0 aliphatic carbocycles. The normalized spacial score (nSPS) is 18.1. The maximum atomic E-state index is 11.8. The van der Waals surface area contributed by atoms with E-state index in [9.17, 15) is 13.2 Å². The van der Waals surface area contributed by atoms with Crippen LogP contribution in [0.3, 0.4) is 0 Å². The molecule has 0 bridgehead atoms. The molecule has 0 aromatic heterocycles. The van der Waals surface area contributed by atoms with Crippen molar-refractivity contribution in [3.8, 4) is 0 Å². The maximum absolute atomic E-state index is 11.8. The van der Waals surface area contributed by atoms with Gasteiger partial charge in [0.2, 0.25) is 0 Å². The highest BCUT2D eigenvalue weighted by molar-refractivity contribution is 5.79. The predicted octanol–water partition coefficient (Wildman–Crippen LogP) is 1.27. The number of nitrogens with one attached hydrogen (secondary N) is 2. The van der Waals surface area contributed by atoms with Crippen LogP contribution in [0.15, 0.2) is 4.99 Å². The monoisotopic (exact) mass is 209 g/mol. The van der Waals surface area contributed by atoms with E-state index < -0.39 is 12.6 Å². The van der Waals surface area contributed by atoms with Gasteiger partial charge < -0.3 is 10.6 Å². The van der Waals surface area contributed by atoms with Gasteiger partial charge in [0.05, 0.1) is 6.42 Å². The average Bonchev–Trinajstić information content (AvgIpc) is 2.30. The third-order valence-corrected chi connectivity index (χ3v) is 1.85. The summed E-state index contributed by atoms with van der Waals surface area (Å²) >= 11 is 0. The Labute approximate surface area is 80.8 Å². The summed E-state index contributed by atoms with van der Waals surface area (Å²) in [6, 6.07) is 0. The molecule has 0 aromatic rings. The maximum Gasteiger partial charge on any atom is 0.390 e. The van der Waals surface area contributed by atoms with E-state index in [4.69, 9.17) is 0 Å². The van der Waals surface area contributed by atoms with E-state index in [-0.39, 0.29) is 6.54 Å². The lowest BCUT2D eigenvalue weighted by Gasteiger charge is -2.11. The van der Waals surface area contributed by atoms with Crippen LogP contribution >= 0.6 is 0 Å². The van der Waals surface area contributed by atoms with Gasteiger partial charge in [-0.25, -0.2) is 0 Å². The van der Waals surface area contributed by atoms with Gasteiger partial charge in [-0.3, -0.25) is 4.99 Å². The molecule has 1 aliphatic heterocycles. The Morgan fingerprint density at radius 3 is 2.86 bits per heavy atom. The molecule has 6 heteroatoms. The Hall–Kier alpha value is -0.940. The fourth-order valence-electron chi connectivity index (χ4n) is 1.13. The molecule has 1 rings (SSSR count). The minimum atomic E-state index is -4.10. The lowest BCUT2D eigenvalue weighted by molar-refractivity contribution is -0.132. The van der Waals surface area contributed by atoms with Crippen molar-refractivity contribution in [1.29, 1.82) is 0 Å². The van der Waals surface area contributed by atoms with E-state index in [1.54, 1.807) is 0 Å². The van der Waals surface area contributed by atoms with Crippen LogP contribution in [-0.2, 0) is 0 Å². The van der Waals surface area contributed by atoms with Crippen LogP contribution in [0.25, 0.3) is 0 Å². The summed E-state index contributed by atoms with van der Waals surface area (Å²) in [5.41, 5.74) is 0. The van der Waals surface area contributed by atoms with Crippen molar-refractivity contribution in [3.63, 3.8) is 0 Å². The molecule has 0 radical (unpaired) electrons. The zero-order valence-corrected chi connectivity index (χ0v) is 7.82. The smallest absolute Gasteiger partial charge is 0.356 e. The van der Waals surface area contributed by atoms with Gasteiger partial charge in [0.1, 0.15) is 0 Å². The number of aliphatic imine (C=N–C) groups is 1. The molecular formula is C8H14F3N3. The van der Waals surface area contributed by atoms with E-state index in [0.717, 1.165) is 19.4 Å². The van der Waals surface area contributed by atoms with Gasteiger partial charge >= 0.3 is 6.18 Å². The average molecular weight is 209 g/mol. The largest absolute Gasteiger partial charge is 0.390 e. The number of guanidine groups is 1. The van der Waals surface area contributed by atoms with Gasteiger partial charge in [-0.15, -0.1) is 0 Å². The number of rotatable bonds is 2. The number of hydrogen-bond donors (Lipinski definition) is 2. The molecule has 0 spiro atoms. The standard InChI is InChI=1S/C8H14F3N3/c9-8(10,11)3-6-14-7-12-4-1-2-5-13-7/h1-6H2,(H2,12,13,14). The molecule has 82 valence electrons. The Morgan fingerprint density at radius 2 is 2.14 bits per heavy atom. The molecule has 14 heavy (non-hydrogen) atoms. The first-order valence-corrected chi connectivity index (χ1v) is 4.67. The van der Waals surface area contributed by atoms with Gasteiger partial charge in [-0.1, -0.05) is 0 Å². The number of halogens is 3. The molecular weight excluding hydrogens is 195 g/mol. The molecule has 1 aliphatic rings. The lowest BCUT2D eigenvalue weighted by atomic mass is 10.3. The number of hydrogen-bond acceptors (Lipinski definition) is 3. The highest BCUT2D eigenvalue weighted by Crippen LogP contribution is 2.17. The number of nitrogens with zero attached hydrogens (tertiary/aromatic N) is 1. The van der Waals surface area contributed by atoms with Crippen molar-refractivity contribution >= 4 is 5.96 Å². The van der Waals surface area contributed by atoms with Crippen LogP contribution in [0.1, 0.15) is 19.3 Å². The Morgan fingerprint density at radius 1 is 1.36 bits per heavy atom. The van der Waals surface area contributed by atoms with Crippen LogP contribution < -0.4 is 10.6 Å². The fourth-order valence-corrected chi connectivity index (χ4v) is 1.13. The summed E-state index contributed by atoms with van der Waals surface area (Å²) < 4.78 is 35.4. The summed E-state index contributed by atoms with van der Waals surface area (Å²) in [5, 5.41) is 5.58. The summed E-state index contributed by atoms with van der Waals surface area (Å²) in [6.07, 6.45) is -2.93. The van der Waals surface area contributed by atoms with Crippen molar-refractivity contribution in [2.24, 2.45) is 4.99 Å². The zero-order chi connectivity index (χ0) is 10.4. The highest BCUT2D eigenvalue weighted by atomic mass is 19.4. The molecule has 0 aromatic carbocycles. The SMILES string of the molecule is FC(F)(F)CCNC1=NCCCCN1. The van der Waals surface area contributed by atoms with Crippen LogP contribution in [-0.4, -0.2) is 31.8 Å². The molecule has 3 nitrogen and oxygen atoms in total. The van der Waals surface area contributed by atoms with Crippen LogP contribution in [0.2, 0.25) is 0 Å². The summed E-state index contributed by atoms with van der Waals surface area (Å²) in [4.78, 5) is 4.07. The number of alkyl halides is 3. The van der Waals surface area contributed by atoms with Crippen LogP contribution in [0.4, 0.5) is 13.2 Å². The van der Waals surface area contributed by atoms with E-state index in [1.807, 2.05) is 0 Å². The first-order valence-electron chi connectivity index (χ1n) is 4.67. The fraction of sp³-hybridized carbons (Fsp3) is 0.875. The van der Waals surface area contributed by atoms with Gasteiger partial charge in [0.15, 0.2) is 5.96 Å². The molecule has 0 saturated heterocycles. The van der Waals surface area contributed by atoms with Crippen molar-refractivity contribution in [2.75, 3.05) is 19.6 Å². The van der Waals surface area contributed by atoms with E-state index in [2.05, 4.69) is 15.6 Å². The van der Waals surface area contributed by atoms with E-state index in [1.165, 1.54) is 0 Å². The van der Waals surface area contributed by atoms with Crippen LogP contribution in [0, 0.1) is 0 Å². The van der Waals surface area contributed by atoms with Crippen molar-refractivity contribution in [1.82, 2.24) is 10.6 Å². The van der Waals surface area contributed by atoms with Crippen LogP contribution in [0.5, 0.6) is 0 Å². The lowest BCUT2D eigenvalue weighted by Crippen LogP contribution is -2.38. The first-order chi connectivity index (χ1) is 6.58. The third kappa shape index (κ3) is 4.94. The minimum absolute atomic E-state index is 0.116. The molecule has 0 fully saturated rings.